The summed E-state index contributed by atoms with van der Waals surface area (Å²) in [4.78, 5) is 19.9. The quantitative estimate of drug-likeness (QED) is 0.456. The summed E-state index contributed by atoms with van der Waals surface area (Å²) in [5, 5.41) is 10.5. The van der Waals surface area contributed by atoms with Crippen molar-refractivity contribution in [3.8, 4) is 0 Å². The number of carboxylic acid groups (broad SMARTS) is 1. The van der Waals surface area contributed by atoms with E-state index in [0.717, 1.165) is 22.4 Å². The Hall–Kier alpha value is -3.66. The molecule has 1 atom stereocenters. The summed E-state index contributed by atoms with van der Waals surface area (Å²) in [7, 11) is 0. The third-order valence-electron chi connectivity index (χ3n) is 5.49. The first-order chi connectivity index (χ1) is 14.2. The van der Waals surface area contributed by atoms with E-state index < -0.39 is 17.3 Å². The second-order valence-corrected chi connectivity index (χ2v) is 7.08. The second kappa shape index (κ2) is 8.15. The largest absolute Gasteiger partial charge is 0.481 e. The number of carbonyl (C=O) groups is 1. The lowest BCUT2D eigenvalue weighted by atomic mass is 9.60. The second-order valence-electron chi connectivity index (χ2n) is 7.08. The number of aliphatic carboxylic acids is 1. The monoisotopic (exact) mass is 382 g/mol. The number of hydrogen-bond donors (Lipinski definition) is 2. The number of H-pyrrole nitrogens is 1. The zero-order valence-corrected chi connectivity index (χ0v) is 15.9. The molecule has 4 heteroatoms. The minimum Gasteiger partial charge on any atom is -0.481 e. The van der Waals surface area contributed by atoms with Gasteiger partial charge in [-0.15, -0.1) is 0 Å². The van der Waals surface area contributed by atoms with Crippen LogP contribution in [0.1, 0.15) is 22.4 Å². The summed E-state index contributed by atoms with van der Waals surface area (Å²) in [5.74, 6) is -1.59. The highest BCUT2D eigenvalue weighted by atomic mass is 16.4. The van der Waals surface area contributed by atoms with Crippen LogP contribution in [-0.2, 0) is 16.6 Å². The molecule has 29 heavy (non-hydrogen) atoms. The third kappa shape index (κ3) is 3.45. The van der Waals surface area contributed by atoms with Crippen LogP contribution in [0, 0.1) is 5.92 Å². The van der Waals surface area contributed by atoms with E-state index in [4.69, 9.17) is 0 Å². The fourth-order valence-corrected chi connectivity index (χ4v) is 4.25. The van der Waals surface area contributed by atoms with Crippen molar-refractivity contribution < 1.29 is 9.90 Å². The van der Waals surface area contributed by atoms with Crippen LogP contribution < -0.4 is 0 Å². The molecule has 0 amide bonds. The molecule has 4 rings (SSSR count). The molecule has 0 unspecified atom stereocenters. The SMILES string of the molecule is O=C(O)[C@H](Cc1cnc[nH]1)C(c1ccccc1)(c1ccccc1)c1ccccc1. The van der Waals surface area contributed by atoms with Crippen molar-refractivity contribution in [3.63, 3.8) is 0 Å². The van der Waals surface area contributed by atoms with E-state index in [1.807, 2.05) is 91.0 Å². The highest BCUT2D eigenvalue weighted by Crippen LogP contribution is 2.46. The number of benzene rings is 3. The van der Waals surface area contributed by atoms with Gasteiger partial charge in [-0.25, -0.2) is 4.98 Å². The van der Waals surface area contributed by atoms with Gasteiger partial charge in [-0.05, 0) is 16.7 Å². The fraction of sp³-hybridized carbons (Fsp3) is 0.120. The van der Waals surface area contributed by atoms with Gasteiger partial charge in [0.05, 0.1) is 17.7 Å². The van der Waals surface area contributed by atoms with Crippen molar-refractivity contribution in [1.29, 1.82) is 0 Å². The van der Waals surface area contributed by atoms with Crippen LogP contribution in [0.5, 0.6) is 0 Å². The maximum Gasteiger partial charge on any atom is 0.308 e. The molecule has 144 valence electrons. The van der Waals surface area contributed by atoms with Gasteiger partial charge in [0.2, 0.25) is 0 Å². The molecule has 0 spiro atoms. The number of hydrogen-bond acceptors (Lipinski definition) is 2. The molecule has 3 aromatic carbocycles. The Morgan fingerprint density at radius 3 is 1.62 bits per heavy atom. The van der Waals surface area contributed by atoms with E-state index in [1.54, 1.807) is 12.5 Å². The van der Waals surface area contributed by atoms with Crippen LogP contribution >= 0.6 is 0 Å². The van der Waals surface area contributed by atoms with Crippen LogP contribution in [0.15, 0.2) is 104 Å². The number of rotatable bonds is 7. The lowest BCUT2D eigenvalue weighted by Crippen LogP contribution is -2.43. The Bertz CT molecular complexity index is 949. The maximum atomic E-state index is 12.8. The van der Waals surface area contributed by atoms with E-state index in [9.17, 15) is 9.90 Å². The summed E-state index contributed by atoms with van der Waals surface area (Å²) in [6.07, 6.45) is 3.61. The van der Waals surface area contributed by atoms with E-state index in [-0.39, 0.29) is 0 Å². The molecule has 0 saturated heterocycles. The average Bonchev–Trinajstić information content (AvgIpc) is 3.29. The molecule has 4 aromatic rings. The standard InChI is InChI=1S/C25H22N2O2/c28-24(29)23(16-22-17-26-18-27-22)25(19-10-4-1-5-11-19,20-12-6-2-7-13-20)21-14-8-3-9-15-21/h1-15,17-18,23H,16H2,(H,26,27)(H,28,29)/t23-/m0/s1. The lowest BCUT2D eigenvalue weighted by Gasteiger charge is -2.40. The first kappa shape index (κ1) is 18.7. The smallest absolute Gasteiger partial charge is 0.308 e. The van der Waals surface area contributed by atoms with E-state index in [1.165, 1.54) is 0 Å². The van der Waals surface area contributed by atoms with Gasteiger partial charge in [0.25, 0.3) is 0 Å². The Balaban J connectivity index is 2.05. The van der Waals surface area contributed by atoms with Gasteiger partial charge in [0.15, 0.2) is 0 Å². The van der Waals surface area contributed by atoms with Gasteiger partial charge < -0.3 is 10.1 Å². The number of imidazole rings is 1. The normalized spacial score (nSPS) is 12.4. The first-order valence-electron chi connectivity index (χ1n) is 9.59. The molecule has 0 radical (unpaired) electrons. The topological polar surface area (TPSA) is 66.0 Å². The van der Waals surface area contributed by atoms with Crippen LogP contribution in [0.3, 0.4) is 0 Å². The summed E-state index contributed by atoms with van der Waals surface area (Å²) < 4.78 is 0. The number of carboxylic acids is 1. The van der Waals surface area contributed by atoms with Gasteiger partial charge in [-0.3, -0.25) is 4.79 Å². The van der Waals surface area contributed by atoms with Crippen LogP contribution in [-0.4, -0.2) is 21.0 Å². The maximum absolute atomic E-state index is 12.8. The molecule has 0 aliphatic rings. The van der Waals surface area contributed by atoms with Crippen molar-refractivity contribution in [1.82, 2.24) is 9.97 Å². The fourth-order valence-electron chi connectivity index (χ4n) is 4.25. The van der Waals surface area contributed by atoms with E-state index >= 15 is 0 Å². The van der Waals surface area contributed by atoms with Crippen LogP contribution in [0.25, 0.3) is 0 Å². The Morgan fingerprint density at radius 1 is 0.828 bits per heavy atom. The lowest BCUT2D eigenvalue weighted by molar-refractivity contribution is -0.143. The number of aromatic amines is 1. The molecule has 0 aliphatic carbocycles. The van der Waals surface area contributed by atoms with Crippen LogP contribution in [0.4, 0.5) is 0 Å². The molecule has 1 heterocycles. The molecule has 1 aromatic heterocycles. The van der Waals surface area contributed by atoms with Crippen molar-refractivity contribution >= 4 is 5.97 Å². The summed E-state index contributed by atoms with van der Waals surface area (Å²) in [6.45, 7) is 0. The zero-order valence-electron chi connectivity index (χ0n) is 15.9. The number of nitrogens with zero attached hydrogens (tertiary/aromatic N) is 1. The Labute approximate surface area is 169 Å². The molecular weight excluding hydrogens is 360 g/mol. The first-order valence-corrected chi connectivity index (χ1v) is 9.59. The Morgan fingerprint density at radius 2 is 1.28 bits per heavy atom. The number of aromatic nitrogens is 2. The van der Waals surface area contributed by atoms with Crippen molar-refractivity contribution in [2.75, 3.05) is 0 Å². The van der Waals surface area contributed by atoms with Crippen molar-refractivity contribution in [2.45, 2.75) is 11.8 Å². The molecule has 2 N–H and O–H groups in total. The molecule has 0 fully saturated rings. The summed E-state index contributed by atoms with van der Waals surface area (Å²) >= 11 is 0. The number of nitrogens with one attached hydrogen (secondary N) is 1. The molecular formula is C25H22N2O2. The third-order valence-corrected chi connectivity index (χ3v) is 5.49. The highest BCUT2D eigenvalue weighted by molar-refractivity contribution is 5.76. The van der Waals surface area contributed by atoms with Gasteiger partial charge in [-0.1, -0.05) is 91.0 Å². The summed E-state index contributed by atoms with van der Waals surface area (Å²) in [5.41, 5.74) is 2.78. The van der Waals surface area contributed by atoms with Crippen LogP contribution in [0.2, 0.25) is 0 Å². The van der Waals surface area contributed by atoms with Crippen molar-refractivity contribution in [2.24, 2.45) is 5.92 Å². The van der Waals surface area contributed by atoms with Gasteiger partial charge in [-0.2, -0.15) is 0 Å². The summed E-state index contributed by atoms with van der Waals surface area (Å²) in [6, 6.07) is 29.7. The van der Waals surface area contributed by atoms with Crippen molar-refractivity contribution in [3.05, 3.63) is 126 Å². The Kier molecular flexibility index (Phi) is 5.25. The molecule has 0 bridgehead atoms. The highest BCUT2D eigenvalue weighted by Gasteiger charge is 2.47. The van der Waals surface area contributed by atoms with Gasteiger partial charge in [0.1, 0.15) is 0 Å². The molecule has 0 saturated carbocycles. The van der Waals surface area contributed by atoms with Gasteiger partial charge >= 0.3 is 5.97 Å². The molecule has 4 nitrogen and oxygen atoms in total. The van der Waals surface area contributed by atoms with Gasteiger partial charge in [0, 0.05) is 18.3 Å². The minimum atomic E-state index is -0.860. The molecule has 0 aliphatic heterocycles. The van der Waals surface area contributed by atoms with E-state index in [2.05, 4.69) is 9.97 Å². The van der Waals surface area contributed by atoms with E-state index in [0.29, 0.717) is 6.42 Å². The predicted molar refractivity (Wildman–Crippen MR) is 113 cm³/mol. The minimum absolute atomic E-state index is 0.327. The zero-order chi connectivity index (χ0) is 20.1. The predicted octanol–water partition coefficient (Wildman–Crippen LogP) is 4.69. The average molecular weight is 382 g/mol.